The van der Waals surface area contributed by atoms with Crippen molar-refractivity contribution < 1.29 is 24.2 Å². The van der Waals surface area contributed by atoms with Gasteiger partial charge in [-0.2, -0.15) is 0 Å². The van der Waals surface area contributed by atoms with Gasteiger partial charge in [0.25, 0.3) is 0 Å². The fourth-order valence-corrected chi connectivity index (χ4v) is 1.51. The smallest absolute Gasteiger partial charge is 0.329 e. The number of carboxylic acid groups (broad SMARTS) is 1. The zero-order valence-corrected chi connectivity index (χ0v) is 11.0. The van der Waals surface area contributed by atoms with Gasteiger partial charge in [-0.15, -0.1) is 0 Å². The lowest BCUT2D eigenvalue weighted by Gasteiger charge is -2.18. The molecule has 1 rings (SSSR count). The fourth-order valence-electron chi connectivity index (χ4n) is 1.51. The summed E-state index contributed by atoms with van der Waals surface area (Å²) in [6.45, 7) is -0.356. The summed E-state index contributed by atoms with van der Waals surface area (Å²) < 4.78 is 9.94. The number of likely N-dealkylation sites (N-methyl/N-ethyl adjacent to an activating group) is 1. The molecule has 0 bridgehead atoms. The molecule has 19 heavy (non-hydrogen) atoms. The Hall–Kier alpha value is -2.08. The Bertz CT molecular complexity index is 446. The quantitative estimate of drug-likeness (QED) is 0.789. The van der Waals surface area contributed by atoms with E-state index >= 15 is 0 Å². The van der Waals surface area contributed by atoms with E-state index in [4.69, 9.17) is 14.6 Å². The Labute approximate surface area is 111 Å². The molecule has 0 atom stereocenters. The number of benzene rings is 1. The lowest BCUT2D eigenvalue weighted by Crippen LogP contribution is -2.30. The Morgan fingerprint density at radius 3 is 2.58 bits per heavy atom. The normalized spacial score (nSPS) is 10.0. The van der Waals surface area contributed by atoms with Crippen molar-refractivity contribution in [2.45, 2.75) is 6.54 Å². The highest BCUT2D eigenvalue weighted by Crippen LogP contribution is 2.18. The van der Waals surface area contributed by atoms with Crippen LogP contribution in [0.5, 0.6) is 5.75 Å². The van der Waals surface area contributed by atoms with Gasteiger partial charge in [0.15, 0.2) is 0 Å². The van der Waals surface area contributed by atoms with E-state index in [2.05, 4.69) is 0 Å². The van der Waals surface area contributed by atoms with Crippen molar-refractivity contribution >= 4 is 11.9 Å². The van der Waals surface area contributed by atoms with Gasteiger partial charge in [0.1, 0.15) is 19.0 Å². The van der Waals surface area contributed by atoms with Gasteiger partial charge in [0.2, 0.25) is 5.91 Å². The van der Waals surface area contributed by atoms with Crippen LogP contribution in [0, 0.1) is 0 Å². The van der Waals surface area contributed by atoms with Gasteiger partial charge in [0.05, 0.1) is 7.11 Å². The van der Waals surface area contributed by atoms with Gasteiger partial charge in [-0.1, -0.05) is 18.2 Å². The predicted molar refractivity (Wildman–Crippen MR) is 67.9 cm³/mol. The van der Waals surface area contributed by atoms with Gasteiger partial charge >= 0.3 is 5.97 Å². The standard InChI is InChI=1S/C13H17NO5/c1-14(12(15)8-19-9-13(16)17)7-10-5-3-4-6-11(10)18-2/h3-6H,7-9H2,1-2H3,(H,16,17). The number of aliphatic carboxylic acids is 1. The summed E-state index contributed by atoms with van der Waals surface area (Å²) in [7, 11) is 3.19. The van der Waals surface area contributed by atoms with Crippen LogP contribution in [0.3, 0.4) is 0 Å². The average Bonchev–Trinajstić information content (AvgIpc) is 2.38. The Balaban J connectivity index is 2.51. The minimum Gasteiger partial charge on any atom is -0.496 e. The molecule has 6 nitrogen and oxygen atoms in total. The van der Waals surface area contributed by atoms with Gasteiger partial charge in [-0.05, 0) is 6.07 Å². The van der Waals surface area contributed by atoms with Gasteiger partial charge in [-0.25, -0.2) is 4.79 Å². The van der Waals surface area contributed by atoms with Crippen LogP contribution in [0.4, 0.5) is 0 Å². The maximum Gasteiger partial charge on any atom is 0.329 e. The molecular formula is C13H17NO5. The van der Waals surface area contributed by atoms with Crippen LogP contribution in [0.25, 0.3) is 0 Å². The molecule has 0 saturated carbocycles. The topological polar surface area (TPSA) is 76.1 Å². The molecule has 0 fully saturated rings. The maximum absolute atomic E-state index is 11.7. The minimum atomic E-state index is -1.10. The first-order valence-electron chi connectivity index (χ1n) is 5.70. The highest BCUT2D eigenvalue weighted by molar-refractivity contribution is 5.77. The zero-order valence-electron chi connectivity index (χ0n) is 11.0. The lowest BCUT2D eigenvalue weighted by atomic mass is 10.2. The largest absolute Gasteiger partial charge is 0.496 e. The second-order valence-corrected chi connectivity index (χ2v) is 3.95. The molecule has 0 spiro atoms. The van der Waals surface area contributed by atoms with Crippen LogP contribution in [-0.2, 0) is 20.9 Å². The maximum atomic E-state index is 11.7. The third-order valence-electron chi connectivity index (χ3n) is 2.48. The van der Waals surface area contributed by atoms with Crippen molar-refractivity contribution in [3.63, 3.8) is 0 Å². The van der Waals surface area contributed by atoms with Crippen LogP contribution in [0.1, 0.15) is 5.56 Å². The molecule has 1 aromatic rings. The number of para-hydroxylation sites is 1. The van der Waals surface area contributed by atoms with Crippen molar-refractivity contribution in [1.29, 1.82) is 0 Å². The number of carboxylic acids is 1. The molecule has 6 heteroatoms. The van der Waals surface area contributed by atoms with E-state index in [0.717, 1.165) is 5.56 Å². The molecular weight excluding hydrogens is 250 g/mol. The third kappa shape index (κ3) is 4.97. The number of carbonyl (C=O) groups is 2. The fraction of sp³-hybridized carbons (Fsp3) is 0.385. The molecule has 0 radical (unpaired) electrons. The third-order valence-corrected chi connectivity index (χ3v) is 2.48. The first-order chi connectivity index (χ1) is 9.04. The number of amides is 1. The summed E-state index contributed by atoms with van der Waals surface area (Å²) in [4.78, 5) is 23.4. The molecule has 0 aromatic heterocycles. The molecule has 0 aliphatic carbocycles. The monoisotopic (exact) mass is 267 g/mol. The molecule has 0 saturated heterocycles. The summed E-state index contributed by atoms with van der Waals surface area (Å²) >= 11 is 0. The molecule has 1 N–H and O–H groups in total. The summed E-state index contributed by atoms with van der Waals surface area (Å²) in [6.07, 6.45) is 0. The van der Waals surface area contributed by atoms with Crippen LogP contribution in [0.15, 0.2) is 24.3 Å². The number of methoxy groups -OCH3 is 1. The molecule has 1 aromatic carbocycles. The predicted octanol–water partition coefficient (Wildman–Crippen LogP) is 0.755. The van der Waals surface area contributed by atoms with Crippen molar-refractivity contribution in [3.8, 4) is 5.75 Å². The van der Waals surface area contributed by atoms with E-state index in [1.165, 1.54) is 4.90 Å². The highest BCUT2D eigenvalue weighted by atomic mass is 16.5. The number of carbonyl (C=O) groups excluding carboxylic acids is 1. The van der Waals surface area contributed by atoms with E-state index in [9.17, 15) is 9.59 Å². The lowest BCUT2D eigenvalue weighted by molar-refractivity contribution is -0.145. The molecule has 0 unspecified atom stereocenters. The van der Waals surface area contributed by atoms with E-state index in [1.54, 1.807) is 14.2 Å². The van der Waals surface area contributed by atoms with E-state index in [1.807, 2.05) is 24.3 Å². The van der Waals surface area contributed by atoms with E-state index in [-0.39, 0.29) is 12.5 Å². The first-order valence-corrected chi connectivity index (χ1v) is 5.70. The second kappa shape index (κ2) is 7.38. The van der Waals surface area contributed by atoms with Crippen LogP contribution in [-0.4, -0.2) is 49.3 Å². The minimum absolute atomic E-state index is 0.252. The summed E-state index contributed by atoms with van der Waals surface area (Å²) in [5, 5.41) is 8.40. The Kier molecular flexibility index (Phi) is 5.81. The highest BCUT2D eigenvalue weighted by Gasteiger charge is 2.12. The molecule has 0 aliphatic rings. The van der Waals surface area contributed by atoms with Crippen LogP contribution >= 0.6 is 0 Å². The zero-order chi connectivity index (χ0) is 14.3. The molecule has 0 aliphatic heterocycles. The molecule has 104 valence electrons. The van der Waals surface area contributed by atoms with Crippen LogP contribution in [0.2, 0.25) is 0 Å². The van der Waals surface area contributed by atoms with Crippen molar-refractivity contribution in [3.05, 3.63) is 29.8 Å². The SMILES string of the molecule is COc1ccccc1CN(C)C(=O)COCC(=O)O. The van der Waals surface area contributed by atoms with Crippen molar-refractivity contribution in [1.82, 2.24) is 4.90 Å². The summed E-state index contributed by atoms with van der Waals surface area (Å²) in [6, 6.07) is 7.38. The van der Waals surface area contributed by atoms with E-state index < -0.39 is 12.6 Å². The summed E-state index contributed by atoms with van der Waals surface area (Å²) in [5.41, 5.74) is 0.874. The average molecular weight is 267 g/mol. The van der Waals surface area contributed by atoms with Crippen molar-refractivity contribution in [2.24, 2.45) is 0 Å². The first kappa shape index (κ1) is 15.0. The van der Waals surface area contributed by atoms with Gasteiger partial charge < -0.3 is 19.5 Å². The second-order valence-electron chi connectivity index (χ2n) is 3.95. The van der Waals surface area contributed by atoms with Crippen molar-refractivity contribution in [2.75, 3.05) is 27.4 Å². The number of rotatable bonds is 7. The van der Waals surface area contributed by atoms with E-state index in [0.29, 0.717) is 12.3 Å². The number of ether oxygens (including phenoxy) is 2. The van der Waals surface area contributed by atoms with Crippen LogP contribution < -0.4 is 4.74 Å². The Morgan fingerprint density at radius 1 is 1.26 bits per heavy atom. The summed E-state index contributed by atoms with van der Waals surface area (Å²) in [5.74, 6) is -0.680. The molecule has 1 amide bonds. The molecule has 0 heterocycles. The number of hydrogen-bond donors (Lipinski definition) is 1. The Morgan fingerprint density at radius 2 is 1.95 bits per heavy atom. The number of hydrogen-bond acceptors (Lipinski definition) is 4. The number of nitrogens with zero attached hydrogens (tertiary/aromatic N) is 1. The van der Waals surface area contributed by atoms with Gasteiger partial charge in [0, 0.05) is 19.2 Å². The van der Waals surface area contributed by atoms with Gasteiger partial charge in [-0.3, -0.25) is 4.79 Å².